The number of carboxylic acids is 1. The Morgan fingerprint density at radius 2 is 2.12 bits per heavy atom. The van der Waals surface area contributed by atoms with Gasteiger partial charge in [-0.15, -0.1) is 0 Å². The van der Waals surface area contributed by atoms with Gasteiger partial charge in [-0.2, -0.15) is 0 Å². The van der Waals surface area contributed by atoms with Crippen LogP contribution >= 0.6 is 15.9 Å². The minimum Gasteiger partial charge on any atom is -0.478 e. The molecule has 17 heavy (non-hydrogen) atoms. The Morgan fingerprint density at radius 3 is 2.59 bits per heavy atom. The summed E-state index contributed by atoms with van der Waals surface area (Å²) in [5.41, 5.74) is 1.14. The second kappa shape index (κ2) is 6.05. The first kappa shape index (κ1) is 14.0. The standard InChI is InChI=1S/C13H18BrNO2/c1-4-9(3)15(5-2)12-7-6-10(14)8-11(12)13(16)17/h6-9H,4-5H2,1-3H3,(H,16,17). The number of hydrogen-bond donors (Lipinski definition) is 1. The summed E-state index contributed by atoms with van der Waals surface area (Å²) in [5.74, 6) is -0.886. The second-order valence-corrected chi connectivity index (χ2v) is 4.93. The minimum absolute atomic E-state index is 0.333. The number of benzene rings is 1. The lowest BCUT2D eigenvalue weighted by Crippen LogP contribution is -2.33. The lowest BCUT2D eigenvalue weighted by molar-refractivity contribution is 0.0697. The molecule has 0 saturated carbocycles. The maximum absolute atomic E-state index is 11.3. The smallest absolute Gasteiger partial charge is 0.337 e. The highest BCUT2D eigenvalue weighted by atomic mass is 79.9. The molecule has 0 spiro atoms. The fourth-order valence-corrected chi connectivity index (χ4v) is 2.23. The lowest BCUT2D eigenvalue weighted by Gasteiger charge is -2.30. The zero-order chi connectivity index (χ0) is 13.0. The first-order valence-corrected chi connectivity index (χ1v) is 6.60. The summed E-state index contributed by atoms with van der Waals surface area (Å²) in [7, 11) is 0. The third-order valence-electron chi connectivity index (χ3n) is 2.96. The van der Waals surface area contributed by atoms with Crippen LogP contribution in [0.5, 0.6) is 0 Å². The van der Waals surface area contributed by atoms with Gasteiger partial charge in [-0.25, -0.2) is 4.79 Å². The van der Waals surface area contributed by atoms with Crippen molar-refractivity contribution in [2.24, 2.45) is 0 Å². The van der Waals surface area contributed by atoms with Crippen LogP contribution in [0, 0.1) is 0 Å². The van der Waals surface area contributed by atoms with Gasteiger partial charge >= 0.3 is 5.97 Å². The molecule has 0 fully saturated rings. The van der Waals surface area contributed by atoms with Crippen molar-refractivity contribution in [1.29, 1.82) is 0 Å². The Labute approximate surface area is 111 Å². The van der Waals surface area contributed by atoms with Crippen molar-refractivity contribution >= 4 is 27.6 Å². The molecular weight excluding hydrogens is 282 g/mol. The molecule has 0 radical (unpaired) electrons. The Bertz CT molecular complexity index is 406. The normalized spacial score (nSPS) is 12.2. The fourth-order valence-electron chi connectivity index (χ4n) is 1.87. The summed E-state index contributed by atoms with van der Waals surface area (Å²) in [4.78, 5) is 13.4. The second-order valence-electron chi connectivity index (χ2n) is 4.01. The number of carbonyl (C=O) groups is 1. The number of carboxylic acid groups (broad SMARTS) is 1. The van der Waals surface area contributed by atoms with Crippen molar-refractivity contribution in [3.8, 4) is 0 Å². The molecule has 1 atom stereocenters. The maximum atomic E-state index is 11.3. The van der Waals surface area contributed by atoms with Gasteiger partial charge in [0.1, 0.15) is 0 Å². The molecule has 0 amide bonds. The predicted molar refractivity (Wildman–Crippen MR) is 73.9 cm³/mol. The van der Waals surface area contributed by atoms with Gasteiger partial charge in [0.05, 0.1) is 11.3 Å². The Kier molecular flexibility index (Phi) is 5.00. The van der Waals surface area contributed by atoms with E-state index < -0.39 is 5.97 Å². The molecule has 1 rings (SSSR count). The van der Waals surface area contributed by atoms with Crippen LogP contribution < -0.4 is 4.90 Å². The molecule has 0 aliphatic heterocycles. The highest BCUT2D eigenvalue weighted by Crippen LogP contribution is 2.26. The summed E-state index contributed by atoms with van der Waals surface area (Å²) in [6.45, 7) is 7.06. The lowest BCUT2D eigenvalue weighted by atomic mass is 10.1. The molecule has 0 aromatic heterocycles. The number of halogens is 1. The fraction of sp³-hybridized carbons (Fsp3) is 0.462. The first-order valence-electron chi connectivity index (χ1n) is 5.80. The molecule has 4 heteroatoms. The van der Waals surface area contributed by atoms with E-state index in [0.717, 1.165) is 23.1 Å². The molecule has 1 aromatic rings. The molecule has 0 saturated heterocycles. The third kappa shape index (κ3) is 3.22. The average molecular weight is 300 g/mol. The Balaban J connectivity index is 3.23. The van der Waals surface area contributed by atoms with Gasteiger partial charge in [0.2, 0.25) is 0 Å². The van der Waals surface area contributed by atoms with Gasteiger partial charge in [0, 0.05) is 17.1 Å². The Morgan fingerprint density at radius 1 is 1.47 bits per heavy atom. The third-order valence-corrected chi connectivity index (χ3v) is 3.46. The van der Waals surface area contributed by atoms with Crippen molar-refractivity contribution in [3.05, 3.63) is 28.2 Å². The van der Waals surface area contributed by atoms with Crippen molar-refractivity contribution in [3.63, 3.8) is 0 Å². The monoisotopic (exact) mass is 299 g/mol. The van der Waals surface area contributed by atoms with Crippen LogP contribution in [0.25, 0.3) is 0 Å². The quantitative estimate of drug-likeness (QED) is 0.900. The topological polar surface area (TPSA) is 40.5 Å². The minimum atomic E-state index is -0.886. The summed E-state index contributed by atoms with van der Waals surface area (Å²) >= 11 is 3.31. The number of rotatable bonds is 5. The highest BCUT2D eigenvalue weighted by Gasteiger charge is 2.18. The van der Waals surface area contributed by atoms with E-state index in [2.05, 4.69) is 34.7 Å². The van der Waals surface area contributed by atoms with Gasteiger partial charge in [-0.3, -0.25) is 0 Å². The molecule has 0 heterocycles. The van der Waals surface area contributed by atoms with E-state index in [0.29, 0.717) is 11.6 Å². The first-order chi connectivity index (χ1) is 8.01. The van der Waals surface area contributed by atoms with Gasteiger partial charge < -0.3 is 10.0 Å². The predicted octanol–water partition coefficient (Wildman–Crippen LogP) is 3.77. The van der Waals surface area contributed by atoms with Crippen LogP contribution in [-0.4, -0.2) is 23.7 Å². The molecule has 1 N–H and O–H groups in total. The van der Waals surface area contributed by atoms with Gasteiger partial charge in [0.15, 0.2) is 0 Å². The van der Waals surface area contributed by atoms with E-state index in [1.54, 1.807) is 6.07 Å². The van der Waals surface area contributed by atoms with Crippen LogP contribution in [0.1, 0.15) is 37.6 Å². The summed E-state index contributed by atoms with van der Waals surface area (Å²) < 4.78 is 0.791. The molecular formula is C13H18BrNO2. The number of aromatic carboxylic acids is 1. The maximum Gasteiger partial charge on any atom is 0.337 e. The van der Waals surface area contributed by atoms with Gasteiger partial charge in [-0.1, -0.05) is 22.9 Å². The molecule has 1 unspecified atom stereocenters. The van der Waals surface area contributed by atoms with E-state index in [1.165, 1.54) is 0 Å². The van der Waals surface area contributed by atoms with Crippen LogP contribution in [0.3, 0.4) is 0 Å². The highest BCUT2D eigenvalue weighted by molar-refractivity contribution is 9.10. The van der Waals surface area contributed by atoms with E-state index >= 15 is 0 Å². The summed E-state index contributed by atoms with van der Waals surface area (Å²) in [6.07, 6.45) is 0.989. The molecule has 94 valence electrons. The van der Waals surface area contributed by atoms with E-state index in [-0.39, 0.29) is 0 Å². The summed E-state index contributed by atoms with van der Waals surface area (Å²) in [6, 6.07) is 5.73. The number of anilines is 1. The van der Waals surface area contributed by atoms with E-state index in [9.17, 15) is 9.90 Å². The van der Waals surface area contributed by atoms with Gasteiger partial charge in [-0.05, 0) is 38.5 Å². The van der Waals surface area contributed by atoms with Gasteiger partial charge in [0.25, 0.3) is 0 Å². The molecule has 3 nitrogen and oxygen atoms in total. The van der Waals surface area contributed by atoms with Crippen LogP contribution in [0.4, 0.5) is 5.69 Å². The molecule has 1 aromatic carbocycles. The molecule has 0 aliphatic rings. The van der Waals surface area contributed by atoms with Crippen molar-refractivity contribution in [2.45, 2.75) is 33.2 Å². The van der Waals surface area contributed by atoms with Crippen LogP contribution in [0.2, 0.25) is 0 Å². The van der Waals surface area contributed by atoms with Crippen molar-refractivity contribution in [1.82, 2.24) is 0 Å². The number of nitrogens with zero attached hydrogens (tertiary/aromatic N) is 1. The van der Waals surface area contributed by atoms with E-state index in [4.69, 9.17) is 0 Å². The SMILES string of the molecule is CCC(C)N(CC)c1ccc(Br)cc1C(=O)O. The number of hydrogen-bond acceptors (Lipinski definition) is 2. The molecule has 0 aliphatic carbocycles. The zero-order valence-corrected chi connectivity index (χ0v) is 12.0. The van der Waals surface area contributed by atoms with Crippen LogP contribution in [0.15, 0.2) is 22.7 Å². The zero-order valence-electron chi connectivity index (χ0n) is 10.4. The Hall–Kier alpha value is -1.03. The summed E-state index contributed by atoms with van der Waals surface area (Å²) in [5, 5.41) is 9.24. The molecule has 0 bridgehead atoms. The largest absolute Gasteiger partial charge is 0.478 e. The van der Waals surface area contributed by atoms with Crippen molar-refractivity contribution in [2.75, 3.05) is 11.4 Å². The van der Waals surface area contributed by atoms with Crippen molar-refractivity contribution < 1.29 is 9.90 Å². The van der Waals surface area contributed by atoms with E-state index in [1.807, 2.05) is 19.1 Å². The average Bonchev–Trinajstić information content (AvgIpc) is 2.31. The van der Waals surface area contributed by atoms with Crippen LogP contribution in [-0.2, 0) is 0 Å².